The van der Waals surface area contributed by atoms with Crippen LogP contribution < -0.4 is 4.90 Å². The van der Waals surface area contributed by atoms with Crippen molar-refractivity contribution in [1.82, 2.24) is 5.16 Å². The molecule has 0 radical (unpaired) electrons. The van der Waals surface area contributed by atoms with Gasteiger partial charge in [0.2, 0.25) is 5.91 Å². The van der Waals surface area contributed by atoms with Gasteiger partial charge in [-0.25, -0.2) is 0 Å². The number of rotatable bonds is 5. The van der Waals surface area contributed by atoms with Gasteiger partial charge in [0.25, 0.3) is 0 Å². The van der Waals surface area contributed by atoms with Crippen LogP contribution in [-0.4, -0.2) is 23.6 Å². The predicted molar refractivity (Wildman–Crippen MR) is 101 cm³/mol. The number of esters is 1. The van der Waals surface area contributed by atoms with Gasteiger partial charge in [-0.15, -0.1) is 11.3 Å². The van der Waals surface area contributed by atoms with Crippen molar-refractivity contribution >= 4 is 28.9 Å². The van der Waals surface area contributed by atoms with Crippen LogP contribution in [0.15, 0.2) is 52.4 Å². The van der Waals surface area contributed by atoms with Crippen molar-refractivity contribution in [1.29, 1.82) is 0 Å². The van der Waals surface area contributed by atoms with E-state index in [1.807, 2.05) is 48.7 Å². The summed E-state index contributed by atoms with van der Waals surface area (Å²) in [5, 5.41) is 5.89. The second-order valence-corrected chi connectivity index (χ2v) is 7.46. The topological polar surface area (TPSA) is 72.6 Å². The van der Waals surface area contributed by atoms with Crippen LogP contribution in [-0.2, 0) is 20.9 Å². The van der Waals surface area contributed by atoms with E-state index in [0.717, 1.165) is 16.1 Å². The fourth-order valence-corrected chi connectivity index (χ4v) is 3.76. The molecule has 1 aliphatic heterocycles. The zero-order valence-electron chi connectivity index (χ0n) is 14.8. The largest absolute Gasteiger partial charge is 0.459 e. The molecule has 7 heteroatoms. The van der Waals surface area contributed by atoms with Crippen molar-refractivity contribution in [3.05, 3.63) is 59.1 Å². The molecule has 0 spiro atoms. The van der Waals surface area contributed by atoms with Crippen LogP contribution in [0.3, 0.4) is 0 Å². The van der Waals surface area contributed by atoms with Crippen LogP contribution in [0.2, 0.25) is 0 Å². The van der Waals surface area contributed by atoms with Crippen LogP contribution in [0.1, 0.15) is 17.7 Å². The molecule has 3 heterocycles. The zero-order chi connectivity index (χ0) is 18.8. The Kier molecular flexibility index (Phi) is 4.77. The van der Waals surface area contributed by atoms with Crippen molar-refractivity contribution < 1.29 is 18.8 Å². The van der Waals surface area contributed by atoms with E-state index in [1.165, 1.54) is 0 Å². The number of nitrogens with zero attached hydrogens (tertiary/aromatic N) is 2. The predicted octanol–water partition coefficient (Wildman–Crippen LogP) is 3.81. The summed E-state index contributed by atoms with van der Waals surface area (Å²) in [6.07, 6.45) is 0.159. The van der Waals surface area contributed by atoms with Gasteiger partial charge >= 0.3 is 5.97 Å². The van der Waals surface area contributed by atoms with Crippen LogP contribution in [0, 0.1) is 12.8 Å². The van der Waals surface area contributed by atoms with Crippen LogP contribution in [0.4, 0.5) is 5.69 Å². The third-order valence-corrected chi connectivity index (χ3v) is 5.34. The molecule has 0 bridgehead atoms. The number of anilines is 1. The van der Waals surface area contributed by atoms with Gasteiger partial charge in [0.15, 0.2) is 5.76 Å². The summed E-state index contributed by atoms with van der Waals surface area (Å²) in [5.74, 6) is -0.275. The lowest BCUT2D eigenvalue weighted by Gasteiger charge is -2.17. The van der Waals surface area contributed by atoms with E-state index in [1.54, 1.807) is 22.3 Å². The molecule has 138 valence electrons. The molecule has 1 aromatic carbocycles. The second kappa shape index (κ2) is 7.36. The summed E-state index contributed by atoms with van der Waals surface area (Å²) in [7, 11) is 0. The number of aryl methyl sites for hydroxylation is 1. The molecule has 1 atom stereocenters. The number of aromatic nitrogens is 1. The minimum absolute atomic E-state index is 0.0306. The molecular formula is C20H18N2O4S. The number of amides is 1. The summed E-state index contributed by atoms with van der Waals surface area (Å²) in [5.41, 5.74) is 2.43. The lowest BCUT2D eigenvalue weighted by atomic mass is 10.1. The van der Waals surface area contributed by atoms with Crippen molar-refractivity contribution in [3.8, 4) is 10.6 Å². The molecule has 1 aliphatic rings. The molecule has 1 saturated heterocycles. The van der Waals surface area contributed by atoms with Crippen molar-refractivity contribution in [2.24, 2.45) is 5.92 Å². The molecule has 27 heavy (non-hydrogen) atoms. The van der Waals surface area contributed by atoms with E-state index in [2.05, 4.69) is 5.16 Å². The number of thiophene rings is 1. The van der Waals surface area contributed by atoms with Crippen LogP contribution >= 0.6 is 11.3 Å². The first kappa shape index (κ1) is 17.5. The Bertz CT molecular complexity index is 964. The quantitative estimate of drug-likeness (QED) is 0.628. The molecular weight excluding hydrogens is 364 g/mol. The number of carbonyl (C=O) groups excluding carboxylic acids is 2. The van der Waals surface area contributed by atoms with Gasteiger partial charge in [-0.3, -0.25) is 9.59 Å². The van der Waals surface area contributed by atoms with Gasteiger partial charge in [0.05, 0.1) is 10.8 Å². The molecule has 0 aliphatic carbocycles. The van der Waals surface area contributed by atoms with E-state index in [9.17, 15) is 9.59 Å². The molecule has 0 N–H and O–H groups in total. The first-order chi connectivity index (χ1) is 13.1. The Balaban J connectivity index is 1.36. The Morgan fingerprint density at radius 1 is 1.33 bits per heavy atom. The van der Waals surface area contributed by atoms with E-state index >= 15 is 0 Å². The molecule has 1 fully saturated rings. The van der Waals surface area contributed by atoms with E-state index in [4.69, 9.17) is 9.26 Å². The maximum Gasteiger partial charge on any atom is 0.311 e. The Morgan fingerprint density at radius 2 is 2.22 bits per heavy atom. The number of ether oxygens (including phenoxy) is 1. The van der Waals surface area contributed by atoms with Gasteiger partial charge in [-0.1, -0.05) is 23.4 Å². The SMILES string of the molecule is Cc1cccc(N2CC(C(=O)OCc3cc(-c4cccs4)on3)CC2=O)c1. The Hall–Kier alpha value is -2.93. The van der Waals surface area contributed by atoms with Crippen LogP contribution in [0.5, 0.6) is 0 Å². The van der Waals surface area contributed by atoms with Gasteiger partial charge in [-0.05, 0) is 36.1 Å². The van der Waals surface area contributed by atoms with Crippen molar-refractivity contribution in [2.75, 3.05) is 11.4 Å². The fourth-order valence-electron chi connectivity index (χ4n) is 3.09. The number of hydrogen-bond acceptors (Lipinski definition) is 6. The molecule has 3 aromatic rings. The highest BCUT2D eigenvalue weighted by Crippen LogP contribution is 2.28. The van der Waals surface area contributed by atoms with E-state index in [0.29, 0.717) is 18.0 Å². The normalized spacial score (nSPS) is 16.7. The average molecular weight is 382 g/mol. The van der Waals surface area contributed by atoms with E-state index in [-0.39, 0.29) is 24.9 Å². The summed E-state index contributed by atoms with van der Waals surface area (Å²) in [6, 6.07) is 13.3. The fraction of sp³-hybridized carbons (Fsp3) is 0.250. The third kappa shape index (κ3) is 3.78. The van der Waals surface area contributed by atoms with Gasteiger partial charge < -0.3 is 14.2 Å². The molecule has 2 aromatic heterocycles. The van der Waals surface area contributed by atoms with Gasteiger partial charge in [0, 0.05) is 24.7 Å². The summed E-state index contributed by atoms with van der Waals surface area (Å²) in [4.78, 5) is 27.3. The third-order valence-electron chi connectivity index (χ3n) is 4.46. The lowest BCUT2D eigenvalue weighted by Crippen LogP contribution is -2.26. The Labute approximate surface area is 160 Å². The second-order valence-electron chi connectivity index (χ2n) is 6.51. The monoisotopic (exact) mass is 382 g/mol. The van der Waals surface area contributed by atoms with Crippen molar-refractivity contribution in [3.63, 3.8) is 0 Å². The zero-order valence-corrected chi connectivity index (χ0v) is 15.6. The van der Waals surface area contributed by atoms with Crippen LogP contribution in [0.25, 0.3) is 10.6 Å². The van der Waals surface area contributed by atoms with E-state index < -0.39 is 5.92 Å². The lowest BCUT2D eigenvalue weighted by molar-refractivity contribution is -0.149. The molecule has 4 rings (SSSR count). The van der Waals surface area contributed by atoms with Crippen molar-refractivity contribution in [2.45, 2.75) is 20.0 Å². The first-order valence-corrected chi connectivity index (χ1v) is 9.51. The highest BCUT2D eigenvalue weighted by Gasteiger charge is 2.36. The number of benzene rings is 1. The molecule has 1 amide bonds. The smallest absolute Gasteiger partial charge is 0.311 e. The number of carbonyl (C=O) groups is 2. The highest BCUT2D eigenvalue weighted by atomic mass is 32.1. The minimum atomic E-state index is -0.471. The standard InChI is InChI=1S/C20H18N2O4S/c1-13-4-2-5-16(8-13)22-11-14(9-19(22)23)20(24)25-12-15-10-17(26-21-15)18-6-3-7-27-18/h2-8,10,14H,9,11-12H2,1H3. The highest BCUT2D eigenvalue weighted by molar-refractivity contribution is 7.13. The van der Waals surface area contributed by atoms with Gasteiger partial charge in [-0.2, -0.15) is 0 Å². The summed E-state index contributed by atoms with van der Waals surface area (Å²) >= 11 is 1.55. The molecule has 1 unspecified atom stereocenters. The summed E-state index contributed by atoms with van der Waals surface area (Å²) in [6.45, 7) is 2.33. The number of hydrogen-bond donors (Lipinski definition) is 0. The summed E-state index contributed by atoms with van der Waals surface area (Å²) < 4.78 is 10.6. The molecule has 0 saturated carbocycles. The Morgan fingerprint density at radius 3 is 3.00 bits per heavy atom. The maximum absolute atomic E-state index is 12.4. The van der Waals surface area contributed by atoms with Gasteiger partial charge in [0.1, 0.15) is 12.3 Å². The first-order valence-electron chi connectivity index (χ1n) is 8.63. The minimum Gasteiger partial charge on any atom is -0.459 e. The average Bonchev–Trinajstić information content (AvgIpc) is 3.40. The maximum atomic E-state index is 12.4. The molecule has 6 nitrogen and oxygen atoms in total.